The zero-order valence-corrected chi connectivity index (χ0v) is 7.71. The lowest BCUT2D eigenvalue weighted by atomic mass is 10.2. The fourth-order valence-electron chi connectivity index (χ4n) is 2.06. The molecule has 64 valence electrons. The van der Waals surface area contributed by atoms with Crippen LogP contribution in [-0.4, -0.2) is 0 Å². The second-order valence-electron chi connectivity index (χ2n) is 3.53. The Morgan fingerprint density at radius 2 is 2.33 bits per heavy atom. The van der Waals surface area contributed by atoms with Gasteiger partial charge < -0.3 is 0 Å². The SMILES string of the molecule is CCC[n+]1cccc2c1CCC2. The molecule has 1 heterocycles. The van der Waals surface area contributed by atoms with Gasteiger partial charge in [-0.2, -0.15) is 0 Å². The number of aryl methyl sites for hydroxylation is 2. The summed E-state index contributed by atoms with van der Waals surface area (Å²) in [4.78, 5) is 0. The normalized spacial score (nSPS) is 14.8. The van der Waals surface area contributed by atoms with Crippen molar-refractivity contribution in [3.63, 3.8) is 0 Å². The van der Waals surface area contributed by atoms with Crippen molar-refractivity contribution < 1.29 is 4.57 Å². The lowest BCUT2D eigenvalue weighted by molar-refractivity contribution is -0.703. The van der Waals surface area contributed by atoms with Crippen LogP contribution >= 0.6 is 0 Å². The molecule has 0 aliphatic heterocycles. The topological polar surface area (TPSA) is 3.88 Å². The van der Waals surface area contributed by atoms with E-state index in [1.165, 1.54) is 32.2 Å². The fraction of sp³-hybridized carbons (Fsp3) is 0.545. The van der Waals surface area contributed by atoms with E-state index >= 15 is 0 Å². The maximum Gasteiger partial charge on any atom is 0.184 e. The second kappa shape index (κ2) is 3.26. The first kappa shape index (κ1) is 7.78. The van der Waals surface area contributed by atoms with Gasteiger partial charge in [-0.25, -0.2) is 4.57 Å². The highest BCUT2D eigenvalue weighted by Gasteiger charge is 2.19. The van der Waals surface area contributed by atoms with E-state index in [0.717, 1.165) is 0 Å². The summed E-state index contributed by atoms with van der Waals surface area (Å²) in [5.41, 5.74) is 3.16. The Kier molecular flexibility index (Phi) is 2.11. The number of nitrogens with zero attached hydrogens (tertiary/aromatic N) is 1. The second-order valence-corrected chi connectivity index (χ2v) is 3.53. The summed E-state index contributed by atoms with van der Waals surface area (Å²) in [7, 11) is 0. The first-order valence-corrected chi connectivity index (χ1v) is 4.92. The molecule has 0 aromatic carbocycles. The van der Waals surface area contributed by atoms with Crippen LogP contribution in [0, 0.1) is 0 Å². The molecular weight excluding hydrogens is 146 g/mol. The highest BCUT2D eigenvalue weighted by molar-refractivity contribution is 5.20. The van der Waals surface area contributed by atoms with Crippen LogP contribution in [0.5, 0.6) is 0 Å². The van der Waals surface area contributed by atoms with Gasteiger partial charge in [0.25, 0.3) is 0 Å². The predicted octanol–water partition coefficient (Wildman–Crippen LogP) is 1.87. The van der Waals surface area contributed by atoms with Crippen molar-refractivity contribution in [1.82, 2.24) is 0 Å². The predicted molar refractivity (Wildman–Crippen MR) is 49.0 cm³/mol. The summed E-state index contributed by atoms with van der Waals surface area (Å²) in [6.07, 6.45) is 7.38. The minimum absolute atomic E-state index is 1.18. The molecule has 12 heavy (non-hydrogen) atoms. The standard InChI is InChI=1S/C11H16N/c1-2-8-12-9-4-6-10-5-3-7-11(10)12/h4,6,9H,2-3,5,7-8H2,1H3/q+1. The van der Waals surface area contributed by atoms with Crippen molar-refractivity contribution in [2.24, 2.45) is 0 Å². The van der Waals surface area contributed by atoms with Gasteiger partial charge in [0, 0.05) is 24.5 Å². The van der Waals surface area contributed by atoms with E-state index in [1.807, 2.05) is 0 Å². The number of fused-ring (bicyclic) bond motifs is 1. The summed E-state index contributed by atoms with van der Waals surface area (Å²) >= 11 is 0. The molecule has 0 spiro atoms. The van der Waals surface area contributed by atoms with Crippen LogP contribution in [0.2, 0.25) is 0 Å². The van der Waals surface area contributed by atoms with E-state index < -0.39 is 0 Å². The summed E-state index contributed by atoms with van der Waals surface area (Å²) in [6, 6.07) is 4.45. The maximum atomic E-state index is 2.42. The van der Waals surface area contributed by atoms with Gasteiger partial charge in [0.05, 0.1) is 0 Å². The Bertz CT molecular complexity index is 278. The maximum absolute atomic E-state index is 2.42. The largest absolute Gasteiger partial charge is 0.202 e. The summed E-state index contributed by atoms with van der Waals surface area (Å²) < 4.78 is 2.42. The number of aromatic nitrogens is 1. The molecule has 1 aliphatic rings. The van der Waals surface area contributed by atoms with E-state index in [1.54, 1.807) is 11.3 Å². The lowest BCUT2D eigenvalue weighted by Crippen LogP contribution is -2.37. The number of hydrogen-bond acceptors (Lipinski definition) is 0. The molecule has 0 amide bonds. The molecule has 1 aromatic rings. The van der Waals surface area contributed by atoms with E-state index in [0.29, 0.717) is 0 Å². The third kappa shape index (κ3) is 1.24. The highest BCUT2D eigenvalue weighted by atomic mass is 15.0. The molecule has 1 aromatic heterocycles. The first-order valence-electron chi connectivity index (χ1n) is 4.92. The quantitative estimate of drug-likeness (QED) is 0.584. The van der Waals surface area contributed by atoms with E-state index in [-0.39, 0.29) is 0 Å². The molecule has 0 atom stereocenters. The van der Waals surface area contributed by atoms with Gasteiger partial charge >= 0.3 is 0 Å². The molecule has 2 rings (SSSR count). The molecule has 1 aliphatic carbocycles. The lowest BCUT2D eigenvalue weighted by Gasteiger charge is -1.99. The molecule has 0 saturated carbocycles. The van der Waals surface area contributed by atoms with Crippen LogP contribution in [-0.2, 0) is 19.4 Å². The number of hydrogen-bond donors (Lipinski definition) is 0. The molecule has 1 nitrogen and oxygen atoms in total. The fourth-order valence-corrected chi connectivity index (χ4v) is 2.06. The zero-order valence-electron chi connectivity index (χ0n) is 7.71. The van der Waals surface area contributed by atoms with Gasteiger partial charge in [0.2, 0.25) is 0 Å². The van der Waals surface area contributed by atoms with Crippen LogP contribution in [0.25, 0.3) is 0 Å². The van der Waals surface area contributed by atoms with Crippen LogP contribution in [0.1, 0.15) is 31.0 Å². The van der Waals surface area contributed by atoms with Crippen molar-refractivity contribution in [3.8, 4) is 0 Å². The summed E-state index contributed by atoms with van der Waals surface area (Å²) in [5, 5.41) is 0. The van der Waals surface area contributed by atoms with Crippen molar-refractivity contribution >= 4 is 0 Å². The van der Waals surface area contributed by atoms with Crippen molar-refractivity contribution in [1.29, 1.82) is 0 Å². The van der Waals surface area contributed by atoms with Gasteiger partial charge in [-0.15, -0.1) is 0 Å². The number of rotatable bonds is 2. The third-order valence-electron chi connectivity index (χ3n) is 2.60. The Balaban J connectivity index is 2.36. The Hall–Kier alpha value is -0.850. The van der Waals surface area contributed by atoms with Crippen LogP contribution < -0.4 is 4.57 Å². The minimum atomic E-state index is 1.18. The van der Waals surface area contributed by atoms with Crippen LogP contribution in [0.4, 0.5) is 0 Å². The first-order chi connectivity index (χ1) is 5.92. The Morgan fingerprint density at radius 1 is 1.42 bits per heavy atom. The van der Waals surface area contributed by atoms with Crippen LogP contribution in [0.15, 0.2) is 18.3 Å². The molecule has 0 unspecified atom stereocenters. The van der Waals surface area contributed by atoms with Gasteiger partial charge in [0.15, 0.2) is 11.9 Å². The zero-order chi connectivity index (χ0) is 8.39. The van der Waals surface area contributed by atoms with Gasteiger partial charge in [0.1, 0.15) is 6.54 Å². The molecule has 1 heteroatoms. The van der Waals surface area contributed by atoms with Gasteiger partial charge in [-0.1, -0.05) is 6.92 Å². The Morgan fingerprint density at radius 3 is 3.17 bits per heavy atom. The minimum Gasteiger partial charge on any atom is -0.202 e. The highest BCUT2D eigenvalue weighted by Crippen LogP contribution is 2.17. The van der Waals surface area contributed by atoms with Crippen molar-refractivity contribution in [3.05, 3.63) is 29.6 Å². The average Bonchev–Trinajstić information content (AvgIpc) is 2.53. The molecular formula is C11H16N+. The molecule has 0 radical (unpaired) electrons. The van der Waals surface area contributed by atoms with Crippen molar-refractivity contribution in [2.45, 2.75) is 39.2 Å². The van der Waals surface area contributed by atoms with Gasteiger partial charge in [-0.3, -0.25) is 0 Å². The third-order valence-corrected chi connectivity index (χ3v) is 2.60. The van der Waals surface area contributed by atoms with E-state index in [2.05, 4.69) is 29.8 Å². The smallest absolute Gasteiger partial charge is 0.184 e. The van der Waals surface area contributed by atoms with Gasteiger partial charge in [-0.05, 0) is 18.9 Å². The monoisotopic (exact) mass is 162 g/mol. The van der Waals surface area contributed by atoms with Crippen LogP contribution in [0.3, 0.4) is 0 Å². The van der Waals surface area contributed by atoms with E-state index in [9.17, 15) is 0 Å². The molecule has 0 saturated heterocycles. The molecule has 0 N–H and O–H groups in total. The average molecular weight is 162 g/mol. The van der Waals surface area contributed by atoms with E-state index in [4.69, 9.17) is 0 Å². The molecule has 0 fully saturated rings. The number of pyridine rings is 1. The van der Waals surface area contributed by atoms with Crippen molar-refractivity contribution in [2.75, 3.05) is 0 Å². The summed E-state index contributed by atoms with van der Waals surface area (Å²) in [5.74, 6) is 0. The Labute approximate surface area is 74.0 Å². The molecule has 0 bridgehead atoms. The summed E-state index contributed by atoms with van der Waals surface area (Å²) in [6.45, 7) is 3.42.